The minimum Gasteiger partial charge on any atom is -0.539 e. The van der Waals surface area contributed by atoms with E-state index in [0.717, 1.165) is 6.26 Å². The molecule has 1 N–H and O–H groups in total. The molecule has 0 unspecified atom stereocenters. The summed E-state index contributed by atoms with van der Waals surface area (Å²) in [6, 6.07) is 5.97. The molecule has 4 nitrogen and oxygen atoms in total. The molecule has 0 aliphatic carbocycles. The van der Waals surface area contributed by atoms with Crippen molar-refractivity contribution in [3.05, 3.63) is 24.3 Å². The van der Waals surface area contributed by atoms with E-state index in [0.29, 0.717) is 5.75 Å². The molecule has 0 bridgehead atoms. The van der Waals surface area contributed by atoms with E-state index in [9.17, 15) is 8.42 Å². The van der Waals surface area contributed by atoms with E-state index < -0.39 is 17.5 Å². The molecule has 0 aliphatic heterocycles. The molecule has 0 aliphatic rings. The molecule has 0 saturated carbocycles. The fourth-order valence-corrected chi connectivity index (χ4v) is 1.53. The predicted octanol–water partition coefficient (Wildman–Crippen LogP) is -0.272. The van der Waals surface area contributed by atoms with Crippen molar-refractivity contribution in [1.29, 1.82) is 0 Å². The van der Waals surface area contributed by atoms with Crippen molar-refractivity contribution >= 4 is 17.5 Å². The van der Waals surface area contributed by atoms with Crippen molar-refractivity contribution in [2.24, 2.45) is 0 Å². The summed E-state index contributed by atoms with van der Waals surface area (Å²) in [5, 5.41) is 8.44. The normalized spacial score (nSPS) is 10.9. The zero-order chi connectivity index (χ0) is 9.90. The maximum Gasteiger partial charge on any atom is 0.504 e. The van der Waals surface area contributed by atoms with E-state index in [2.05, 4.69) is 0 Å². The monoisotopic (exact) mass is 200 g/mol. The summed E-state index contributed by atoms with van der Waals surface area (Å²) < 4.78 is 26.9. The maximum absolute atomic E-state index is 11.1. The Morgan fingerprint density at radius 3 is 2.69 bits per heavy atom. The third-order valence-corrected chi connectivity index (χ3v) is 2.58. The van der Waals surface area contributed by atoms with Crippen LogP contribution in [-0.4, -0.2) is 27.4 Å². The van der Waals surface area contributed by atoms with Gasteiger partial charge in [-0.15, -0.1) is 0 Å². The van der Waals surface area contributed by atoms with Crippen LogP contribution in [0.15, 0.2) is 29.2 Å². The van der Waals surface area contributed by atoms with E-state index in [1.54, 1.807) is 12.1 Å². The first kappa shape index (κ1) is 10.1. The Morgan fingerprint density at radius 2 is 2.15 bits per heavy atom. The number of sulfone groups is 1. The molecule has 0 saturated heterocycles. The molecule has 0 amide bonds. The number of benzene rings is 1. The van der Waals surface area contributed by atoms with Gasteiger partial charge in [0.1, 0.15) is 5.75 Å². The van der Waals surface area contributed by atoms with Gasteiger partial charge in [-0.3, -0.25) is 0 Å². The van der Waals surface area contributed by atoms with Crippen molar-refractivity contribution < 1.29 is 18.1 Å². The first-order valence-electron chi connectivity index (χ1n) is 3.58. The molecular weight excluding hydrogens is 191 g/mol. The maximum atomic E-state index is 11.1. The van der Waals surface area contributed by atoms with Gasteiger partial charge in [0.15, 0.2) is 9.84 Å². The van der Waals surface area contributed by atoms with Crippen LogP contribution in [0.3, 0.4) is 0 Å². The van der Waals surface area contributed by atoms with Gasteiger partial charge in [0.05, 0.1) is 4.90 Å². The van der Waals surface area contributed by atoms with E-state index in [1.165, 1.54) is 12.1 Å². The Labute approximate surface area is 77.4 Å². The van der Waals surface area contributed by atoms with Crippen LogP contribution in [0.1, 0.15) is 0 Å². The first-order chi connectivity index (χ1) is 6.04. The first-order valence-corrected chi connectivity index (χ1v) is 5.47. The van der Waals surface area contributed by atoms with E-state index in [4.69, 9.17) is 9.68 Å². The zero-order valence-electron chi connectivity index (χ0n) is 7.10. The minimum atomic E-state index is -3.21. The molecule has 0 atom stereocenters. The molecule has 1 rings (SSSR count). The summed E-state index contributed by atoms with van der Waals surface area (Å²) in [4.78, 5) is 0.179. The summed E-state index contributed by atoms with van der Waals surface area (Å²) in [6.07, 6.45) is 1.12. The third-order valence-electron chi connectivity index (χ3n) is 1.46. The third kappa shape index (κ3) is 2.75. The average molecular weight is 200 g/mol. The second-order valence-corrected chi connectivity index (χ2v) is 4.54. The highest BCUT2D eigenvalue weighted by Crippen LogP contribution is 2.16. The predicted molar refractivity (Wildman–Crippen MR) is 49.5 cm³/mol. The van der Waals surface area contributed by atoms with Crippen LogP contribution in [0.2, 0.25) is 0 Å². The second kappa shape index (κ2) is 3.80. The van der Waals surface area contributed by atoms with Crippen LogP contribution in [-0.2, 0) is 9.84 Å². The van der Waals surface area contributed by atoms with Crippen LogP contribution in [0.4, 0.5) is 0 Å². The summed E-state index contributed by atoms with van der Waals surface area (Å²) in [7, 11) is -3.67. The van der Waals surface area contributed by atoms with Gasteiger partial charge in [-0.2, -0.15) is 0 Å². The fourth-order valence-electron chi connectivity index (χ4n) is 0.869. The zero-order valence-corrected chi connectivity index (χ0v) is 7.91. The van der Waals surface area contributed by atoms with Crippen LogP contribution >= 0.6 is 0 Å². The van der Waals surface area contributed by atoms with Gasteiger partial charge in [0.25, 0.3) is 0 Å². The highest BCUT2D eigenvalue weighted by atomic mass is 32.2. The molecule has 1 aromatic rings. The molecule has 0 radical (unpaired) electrons. The standard InChI is InChI=1S/C7H9BO4S/c1-13(10,11)7-4-2-3-6(5-7)12-8-9/h2-5,8-9H,1H3. The van der Waals surface area contributed by atoms with E-state index in [-0.39, 0.29) is 4.90 Å². The minimum absolute atomic E-state index is 0.179. The molecule has 0 fully saturated rings. The molecule has 0 spiro atoms. The van der Waals surface area contributed by atoms with Crippen LogP contribution in [0.25, 0.3) is 0 Å². The van der Waals surface area contributed by atoms with Crippen molar-refractivity contribution in [3.63, 3.8) is 0 Å². The summed E-state index contributed by atoms with van der Waals surface area (Å²) in [5.74, 6) is 0.338. The van der Waals surface area contributed by atoms with Gasteiger partial charge < -0.3 is 9.68 Å². The molecule has 6 heteroatoms. The number of hydrogen-bond acceptors (Lipinski definition) is 4. The quantitative estimate of drug-likeness (QED) is 0.682. The lowest BCUT2D eigenvalue weighted by molar-refractivity contribution is 0.453. The second-order valence-electron chi connectivity index (χ2n) is 2.52. The Bertz CT molecular complexity index is 387. The summed E-state index contributed by atoms with van der Waals surface area (Å²) in [6.45, 7) is 0. The largest absolute Gasteiger partial charge is 0.539 e. The highest BCUT2D eigenvalue weighted by molar-refractivity contribution is 7.90. The van der Waals surface area contributed by atoms with Gasteiger partial charge in [0, 0.05) is 6.26 Å². The Morgan fingerprint density at radius 1 is 1.46 bits per heavy atom. The van der Waals surface area contributed by atoms with Gasteiger partial charge in [-0.1, -0.05) is 6.07 Å². The lowest BCUT2D eigenvalue weighted by Gasteiger charge is -2.03. The lowest BCUT2D eigenvalue weighted by atomic mass is 10.3. The molecule has 70 valence electrons. The van der Waals surface area contributed by atoms with Crippen LogP contribution in [0.5, 0.6) is 5.75 Å². The topological polar surface area (TPSA) is 63.6 Å². The molecular formula is C7H9BO4S. The van der Waals surface area contributed by atoms with Crippen molar-refractivity contribution in [1.82, 2.24) is 0 Å². The molecule has 13 heavy (non-hydrogen) atoms. The fraction of sp³-hybridized carbons (Fsp3) is 0.143. The van der Waals surface area contributed by atoms with Crippen LogP contribution < -0.4 is 4.65 Å². The van der Waals surface area contributed by atoms with E-state index >= 15 is 0 Å². The highest BCUT2D eigenvalue weighted by Gasteiger charge is 2.07. The Balaban J connectivity index is 3.06. The lowest BCUT2D eigenvalue weighted by Crippen LogP contribution is -2.02. The van der Waals surface area contributed by atoms with Gasteiger partial charge in [-0.05, 0) is 18.2 Å². The van der Waals surface area contributed by atoms with Gasteiger partial charge >= 0.3 is 7.69 Å². The smallest absolute Gasteiger partial charge is 0.504 e. The Hall–Kier alpha value is -1.01. The summed E-state index contributed by atoms with van der Waals surface area (Å²) >= 11 is 0. The van der Waals surface area contributed by atoms with Crippen molar-refractivity contribution in [2.45, 2.75) is 4.90 Å². The van der Waals surface area contributed by atoms with Crippen LogP contribution in [0, 0.1) is 0 Å². The van der Waals surface area contributed by atoms with Gasteiger partial charge in [-0.25, -0.2) is 8.42 Å². The average Bonchev–Trinajstić information content (AvgIpc) is 2.04. The molecule has 0 aromatic heterocycles. The Kier molecular flexibility index (Phi) is 2.95. The summed E-state index contributed by atoms with van der Waals surface area (Å²) in [5.41, 5.74) is 0. The van der Waals surface area contributed by atoms with Crippen molar-refractivity contribution in [3.8, 4) is 5.75 Å². The molecule has 0 heterocycles. The molecule has 1 aromatic carbocycles. The number of rotatable bonds is 3. The van der Waals surface area contributed by atoms with E-state index in [1.807, 2.05) is 0 Å². The van der Waals surface area contributed by atoms with Gasteiger partial charge in [0.2, 0.25) is 0 Å². The van der Waals surface area contributed by atoms with Crippen molar-refractivity contribution in [2.75, 3.05) is 6.26 Å². The number of hydrogen-bond donors (Lipinski definition) is 1. The SMILES string of the molecule is CS(=O)(=O)c1cccc(OBO)c1.